The Balaban J connectivity index is 1.38. The van der Waals surface area contributed by atoms with Crippen LogP contribution in [0.1, 0.15) is 57.8 Å². The molecule has 0 saturated heterocycles. The average molecular weight is 296 g/mol. The summed E-state index contributed by atoms with van der Waals surface area (Å²) in [5.74, 6) is 3.56. The summed E-state index contributed by atoms with van der Waals surface area (Å²) in [4.78, 5) is 12.8. The van der Waals surface area contributed by atoms with Crippen LogP contribution in [0, 0.1) is 29.1 Å². The fourth-order valence-corrected chi connectivity index (χ4v) is 6.39. The third-order valence-electron chi connectivity index (χ3n) is 6.55. The van der Waals surface area contributed by atoms with Crippen molar-refractivity contribution in [3.8, 4) is 0 Å². The van der Waals surface area contributed by atoms with Crippen molar-refractivity contribution in [3.63, 3.8) is 0 Å². The Morgan fingerprint density at radius 1 is 1.00 bits per heavy atom. The molecule has 5 rings (SSSR count). The van der Waals surface area contributed by atoms with Crippen molar-refractivity contribution in [2.45, 2.75) is 63.2 Å². The lowest BCUT2D eigenvalue weighted by atomic mass is 9.49. The lowest BCUT2D eigenvalue weighted by molar-refractivity contribution is -0.146. The smallest absolute Gasteiger partial charge is 0.226 e. The van der Waals surface area contributed by atoms with Crippen molar-refractivity contribution in [1.82, 2.24) is 5.32 Å². The van der Waals surface area contributed by atoms with Crippen LogP contribution in [0.4, 0.5) is 0 Å². The van der Waals surface area contributed by atoms with Gasteiger partial charge in [0.25, 0.3) is 0 Å². The van der Waals surface area contributed by atoms with Gasteiger partial charge in [-0.25, -0.2) is 0 Å². The highest BCUT2D eigenvalue weighted by Gasteiger charge is 2.54. The first-order chi connectivity index (χ1) is 9.63. The molecule has 0 aromatic carbocycles. The van der Waals surface area contributed by atoms with Crippen molar-refractivity contribution >= 4 is 17.5 Å². The Morgan fingerprint density at radius 3 is 2.10 bits per heavy atom. The number of carbonyl (C=O) groups excluding carboxylic acids is 1. The molecular formula is C17H26ClNO. The van der Waals surface area contributed by atoms with E-state index in [9.17, 15) is 4.79 Å². The molecule has 2 atom stereocenters. The van der Waals surface area contributed by atoms with Crippen molar-refractivity contribution < 1.29 is 4.79 Å². The van der Waals surface area contributed by atoms with Crippen molar-refractivity contribution in [2.24, 2.45) is 29.1 Å². The van der Waals surface area contributed by atoms with Gasteiger partial charge >= 0.3 is 0 Å². The molecule has 0 aromatic rings. The first-order valence-electron chi connectivity index (χ1n) is 8.55. The minimum atomic E-state index is 0.0215. The largest absolute Gasteiger partial charge is 0.355 e. The lowest BCUT2D eigenvalue weighted by Crippen LogP contribution is -2.54. The summed E-state index contributed by atoms with van der Waals surface area (Å²) in [6, 6.07) is 0. The summed E-state index contributed by atoms with van der Waals surface area (Å²) in [5, 5.41) is 3.65. The minimum absolute atomic E-state index is 0.0215. The van der Waals surface area contributed by atoms with Gasteiger partial charge in [-0.2, -0.15) is 0 Å². The van der Waals surface area contributed by atoms with Gasteiger partial charge in [0.15, 0.2) is 0 Å². The Bertz CT molecular complexity index is 373. The first-order valence-corrected chi connectivity index (χ1v) is 8.99. The minimum Gasteiger partial charge on any atom is -0.355 e. The van der Waals surface area contributed by atoms with Crippen molar-refractivity contribution in [3.05, 3.63) is 0 Å². The summed E-state index contributed by atoms with van der Waals surface area (Å²) in [7, 11) is 0. The summed E-state index contributed by atoms with van der Waals surface area (Å²) >= 11 is 6.17. The van der Waals surface area contributed by atoms with Crippen LogP contribution >= 0.6 is 11.6 Å². The number of rotatable bonds is 3. The summed E-state index contributed by atoms with van der Waals surface area (Å²) in [6.07, 6.45) is 11.1. The number of halogens is 1. The molecule has 4 bridgehead atoms. The molecule has 5 aliphatic rings. The number of alkyl halides is 1. The molecule has 1 N–H and O–H groups in total. The highest BCUT2D eigenvalue weighted by atomic mass is 35.5. The Hall–Kier alpha value is -0.240. The number of amides is 1. The molecule has 20 heavy (non-hydrogen) atoms. The van der Waals surface area contributed by atoms with Gasteiger partial charge in [-0.05, 0) is 81.5 Å². The van der Waals surface area contributed by atoms with E-state index in [-0.39, 0.29) is 5.41 Å². The molecule has 0 aromatic heterocycles. The average Bonchev–Trinajstić information content (AvgIpc) is 2.80. The van der Waals surface area contributed by atoms with Crippen LogP contribution in [0.5, 0.6) is 0 Å². The Morgan fingerprint density at radius 2 is 1.60 bits per heavy atom. The molecule has 2 nitrogen and oxygen atoms in total. The maximum atomic E-state index is 12.8. The van der Waals surface area contributed by atoms with Crippen LogP contribution < -0.4 is 5.32 Å². The summed E-state index contributed by atoms with van der Waals surface area (Å²) < 4.78 is 0. The van der Waals surface area contributed by atoms with E-state index in [0.717, 1.165) is 37.1 Å². The quantitative estimate of drug-likeness (QED) is 0.790. The fourth-order valence-electron chi connectivity index (χ4n) is 6.01. The van der Waals surface area contributed by atoms with E-state index in [1.54, 1.807) is 0 Å². The fraction of sp³-hybridized carbons (Fsp3) is 0.941. The first kappa shape index (κ1) is 13.4. The van der Waals surface area contributed by atoms with Gasteiger partial charge in [-0.15, -0.1) is 11.6 Å². The second kappa shape index (κ2) is 4.90. The molecule has 5 aliphatic carbocycles. The van der Waals surface area contributed by atoms with E-state index < -0.39 is 0 Å². The standard InChI is InChI=1S/C17H26ClNO/c18-15-2-1-11(6-15)10-19-16(20)17-7-12-3-13(8-17)5-14(4-12)9-17/h11-15H,1-10H2,(H,19,20). The van der Waals surface area contributed by atoms with E-state index in [0.29, 0.717) is 17.2 Å². The Kier molecular flexibility index (Phi) is 3.29. The highest BCUT2D eigenvalue weighted by molar-refractivity contribution is 6.20. The maximum absolute atomic E-state index is 12.8. The molecule has 0 heterocycles. The molecule has 2 unspecified atom stereocenters. The second-order valence-corrected chi connectivity index (χ2v) is 8.80. The molecule has 5 saturated carbocycles. The number of hydrogen-bond donors (Lipinski definition) is 1. The van der Waals surface area contributed by atoms with Crippen molar-refractivity contribution in [1.29, 1.82) is 0 Å². The summed E-state index contributed by atoms with van der Waals surface area (Å²) in [6.45, 7) is 0.865. The zero-order chi connectivity index (χ0) is 13.7. The van der Waals surface area contributed by atoms with Gasteiger partial charge in [0.1, 0.15) is 0 Å². The molecule has 112 valence electrons. The zero-order valence-corrected chi connectivity index (χ0v) is 13.0. The van der Waals surface area contributed by atoms with Gasteiger partial charge in [0.2, 0.25) is 5.91 Å². The SMILES string of the molecule is O=C(NCC1CCC(Cl)C1)C12CC3CC(CC(C3)C1)C2. The molecular weight excluding hydrogens is 270 g/mol. The molecule has 5 fully saturated rings. The van der Waals surface area contributed by atoms with Gasteiger partial charge in [-0.3, -0.25) is 4.79 Å². The van der Waals surface area contributed by atoms with Crippen LogP contribution in [-0.2, 0) is 4.79 Å². The van der Waals surface area contributed by atoms with Crippen LogP contribution in [0.15, 0.2) is 0 Å². The zero-order valence-electron chi connectivity index (χ0n) is 12.2. The van der Waals surface area contributed by atoms with E-state index in [1.807, 2.05) is 0 Å². The highest BCUT2D eigenvalue weighted by Crippen LogP contribution is 2.60. The van der Waals surface area contributed by atoms with Gasteiger partial charge < -0.3 is 5.32 Å². The van der Waals surface area contributed by atoms with Crippen LogP contribution in [0.3, 0.4) is 0 Å². The monoisotopic (exact) mass is 295 g/mol. The van der Waals surface area contributed by atoms with Gasteiger partial charge in [-0.1, -0.05) is 0 Å². The lowest BCUT2D eigenvalue weighted by Gasteiger charge is -2.55. The van der Waals surface area contributed by atoms with Gasteiger partial charge in [0.05, 0.1) is 0 Å². The summed E-state index contributed by atoms with van der Waals surface area (Å²) in [5.41, 5.74) is 0.0215. The Labute approximate surface area is 127 Å². The number of carbonyl (C=O) groups is 1. The predicted molar refractivity (Wildman–Crippen MR) is 80.6 cm³/mol. The number of hydrogen-bond acceptors (Lipinski definition) is 1. The van der Waals surface area contributed by atoms with Crippen LogP contribution in [0.2, 0.25) is 0 Å². The van der Waals surface area contributed by atoms with E-state index >= 15 is 0 Å². The van der Waals surface area contributed by atoms with E-state index in [1.165, 1.54) is 44.9 Å². The third-order valence-corrected chi connectivity index (χ3v) is 6.94. The normalized spacial score (nSPS) is 49.5. The predicted octanol–water partition coefficient (Wildman–Crippen LogP) is 3.73. The van der Waals surface area contributed by atoms with E-state index in [4.69, 9.17) is 11.6 Å². The molecule has 0 spiro atoms. The van der Waals surface area contributed by atoms with Crippen LogP contribution in [-0.4, -0.2) is 17.8 Å². The third kappa shape index (κ3) is 2.28. The van der Waals surface area contributed by atoms with E-state index in [2.05, 4.69) is 5.32 Å². The molecule has 1 amide bonds. The maximum Gasteiger partial charge on any atom is 0.226 e. The van der Waals surface area contributed by atoms with Crippen molar-refractivity contribution in [2.75, 3.05) is 6.54 Å². The molecule has 0 radical (unpaired) electrons. The molecule has 3 heteroatoms. The van der Waals surface area contributed by atoms with Gasteiger partial charge in [0, 0.05) is 17.3 Å². The van der Waals surface area contributed by atoms with Crippen LogP contribution in [0.25, 0.3) is 0 Å². The number of nitrogens with one attached hydrogen (secondary N) is 1. The second-order valence-electron chi connectivity index (χ2n) is 8.18. The molecule has 0 aliphatic heterocycles. The topological polar surface area (TPSA) is 29.1 Å².